The molecule has 0 aliphatic heterocycles. The molecule has 0 atom stereocenters. The van der Waals surface area contributed by atoms with Crippen molar-refractivity contribution in [2.24, 2.45) is 0 Å². The van der Waals surface area contributed by atoms with Crippen LogP contribution in [0.1, 0.15) is 29.8 Å². The number of rotatable bonds is 5. The van der Waals surface area contributed by atoms with E-state index in [9.17, 15) is 4.79 Å². The van der Waals surface area contributed by atoms with E-state index in [4.69, 9.17) is 9.47 Å². The Morgan fingerprint density at radius 1 is 1.04 bits per heavy atom. The average molecular weight is 321 g/mol. The van der Waals surface area contributed by atoms with E-state index in [1.807, 2.05) is 44.2 Å². The summed E-state index contributed by atoms with van der Waals surface area (Å²) in [4.78, 5) is 16.2. The SMILES string of the molecule is CC(C)OC(=O)c1ccc(OCc2cccc3cccnc23)cc1. The second-order valence-electron chi connectivity index (χ2n) is 5.76. The van der Waals surface area contributed by atoms with Crippen LogP contribution in [-0.4, -0.2) is 17.1 Å². The number of aromatic nitrogens is 1. The second-order valence-corrected chi connectivity index (χ2v) is 5.76. The molecule has 3 aromatic rings. The molecule has 0 N–H and O–H groups in total. The van der Waals surface area contributed by atoms with Crippen LogP contribution in [0.4, 0.5) is 0 Å². The van der Waals surface area contributed by atoms with Crippen LogP contribution in [0.25, 0.3) is 10.9 Å². The number of hydrogen-bond acceptors (Lipinski definition) is 4. The maximum atomic E-state index is 11.8. The van der Waals surface area contributed by atoms with Crippen LogP contribution in [0, 0.1) is 0 Å². The highest BCUT2D eigenvalue weighted by molar-refractivity contribution is 5.89. The second kappa shape index (κ2) is 7.13. The van der Waals surface area contributed by atoms with E-state index in [-0.39, 0.29) is 12.1 Å². The van der Waals surface area contributed by atoms with Crippen molar-refractivity contribution in [2.75, 3.05) is 0 Å². The van der Waals surface area contributed by atoms with Gasteiger partial charge in [-0.05, 0) is 44.2 Å². The van der Waals surface area contributed by atoms with E-state index in [0.717, 1.165) is 16.5 Å². The van der Waals surface area contributed by atoms with Gasteiger partial charge in [-0.15, -0.1) is 0 Å². The fourth-order valence-corrected chi connectivity index (χ4v) is 2.41. The molecule has 4 heteroatoms. The number of benzene rings is 2. The first-order valence-electron chi connectivity index (χ1n) is 7.90. The highest BCUT2D eigenvalue weighted by Crippen LogP contribution is 2.19. The van der Waals surface area contributed by atoms with Gasteiger partial charge in [-0.2, -0.15) is 0 Å². The zero-order valence-corrected chi connectivity index (χ0v) is 13.7. The summed E-state index contributed by atoms with van der Waals surface area (Å²) in [6, 6.07) is 16.9. The van der Waals surface area contributed by atoms with Crippen LogP contribution in [-0.2, 0) is 11.3 Å². The summed E-state index contributed by atoms with van der Waals surface area (Å²) in [5.41, 5.74) is 2.48. The van der Waals surface area contributed by atoms with E-state index < -0.39 is 0 Å². The summed E-state index contributed by atoms with van der Waals surface area (Å²) in [5.74, 6) is 0.374. The number of fused-ring (bicyclic) bond motifs is 1. The quantitative estimate of drug-likeness (QED) is 0.654. The monoisotopic (exact) mass is 321 g/mol. The number of ether oxygens (including phenoxy) is 2. The van der Waals surface area contributed by atoms with Gasteiger partial charge in [-0.3, -0.25) is 4.98 Å². The topological polar surface area (TPSA) is 48.4 Å². The Balaban J connectivity index is 1.69. The minimum absolute atomic E-state index is 0.132. The molecule has 2 aromatic carbocycles. The van der Waals surface area contributed by atoms with E-state index in [0.29, 0.717) is 17.9 Å². The lowest BCUT2D eigenvalue weighted by molar-refractivity contribution is 0.0378. The number of hydrogen-bond donors (Lipinski definition) is 0. The van der Waals surface area contributed by atoms with Crippen LogP contribution in [0.3, 0.4) is 0 Å². The fourth-order valence-electron chi connectivity index (χ4n) is 2.41. The largest absolute Gasteiger partial charge is 0.489 e. The normalized spacial score (nSPS) is 10.8. The Morgan fingerprint density at radius 3 is 2.54 bits per heavy atom. The number of pyridine rings is 1. The van der Waals surface area contributed by atoms with E-state index in [1.54, 1.807) is 30.5 Å². The van der Waals surface area contributed by atoms with Gasteiger partial charge in [-0.1, -0.05) is 24.3 Å². The third-order valence-electron chi connectivity index (χ3n) is 3.54. The Bertz CT molecular complexity index is 836. The molecule has 4 nitrogen and oxygen atoms in total. The first-order chi connectivity index (χ1) is 11.6. The minimum atomic E-state index is -0.324. The van der Waals surface area contributed by atoms with Crippen molar-refractivity contribution in [1.29, 1.82) is 0 Å². The molecule has 0 saturated carbocycles. The minimum Gasteiger partial charge on any atom is -0.489 e. The molecule has 122 valence electrons. The van der Waals surface area contributed by atoms with Gasteiger partial charge in [0, 0.05) is 17.1 Å². The molecule has 24 heavy (non-hydrogen) atoms. The van der Waals surface area contributed by atoms with Gasteiger partial charge in [0.2, 0.25) is 0 Å². The van der Waals surface area contributed by atoms with Crippen LogP contribution in [0.5, 0.6) is 5.75 Å². The van der Waals surface area contributed by atoms with Gasteiger partial charge in [0.05, 0.1) is 17.2 Å². The predicted molar refractivity (Wildman–Crippen MR) is 93.1 cm³/mol. The molecular formula is C20H19NO3. The number of esters is 1. The fraction of sp³-hybridized carbons (Fsp3) is 0.200. The number of carbonyl (C=O) groups is 1. The van der Waals surface area contributed by atoms with E-state index in [1.165, 1.54) is 0 Å². The molecule has 1 aromatic heterocycles. The van der Waals surface area contributed by atoms with Gasteiger partial charge in [0.1, 0.15) is 12.4 Å². The van der Waals surface area contributed by atoms with Gasteiger partial charge in [0.15, 0.2) is 0 Å². The molecule has 0 aliphatic carbocycles. The Kier molecular flexibility index (Phi) is 4.75. The number of carbonyl (C=O) groups excluding carboxylic acids is 1. The van der Waals surface area contributed by atoms with Crippen molar-refractivity contribution in [3.63, 3.8) is 0 Å². The van der Waals surface area contributed by atoms with Crippen molar-refractivity contribution >= 4 is 16.9 Å². The summed E-state index contributed by atoms with van der Waals surface area (Å²) in [6.07, 6.45) is 1.65. The molecule has 0 aliphatic rings. The molecular weight excluding hydrogens is 302 g/mol. The van der Waals surface area contributed by atoms with Crippen LogP contribution in [0.2, 0.25) is 0 Å². The maximum absolute atomic E-state index is 11.8. The molecule has 0 amide bonds. The lowest BCUT2D eigenvalue weighted by atomic mass is 10.1. The highest BCUT2D eigenvalue weighted by atomic mass is 16.5. The van der Waals surface area contributed by atoms with Gasteiger partial charge in [0.25, 0.3) is 0 Å². The lowest BCUT2D eigenvalue weighted by Gasteiger charge is -2.10. The van der Waals surface area contributed by atoms with Crippen molar-refractivity contribution in [3.8, 4) is 5.75 Å². The first kappa shape index (κ1) is 16.0. The van der Waals surface area contributed by atoms with E-state index in [2.05, 4.69) is 4.98 Å². The molecule has 0 spiro atoms. The number of nitrogens with zero attached hydrogens (tertiary/aromatic N) is 1. The zero-order valence-electron chi connectivity index (χ0n) is 13.7. The molecule has 0 unspecified atom stereocenters. The number of para-hydroxylation sites is 1. The Morgan fingerprint density at radius 2 is 1.79 bits per heavy atom. The summed E-state index contributed by atoms with van der Waals surface area (Å²) < 4.78 is 11.0. The smallest absolute Gasteiger partial charge is 0.338 e. The third-order valence-corrected chi connectivity index (χ3v) is 3.54. The zero-order chi connectivity index (χ0) is 16.9. The molecule has 0 radical (unpaired) electrons. The highest BCUT2D eigenvalue weighted by Gasteiger charge is 2.09. The van der Waals surface area contributed by atoms with Crippen LogP contribution >= 0.6 is 0 Å². The third kappa shape index (κ3) is 3.71. The van der Waals surface area contributed by atoms with Crippen LogP contribution < -0.4 is 4.74 Å². The summed E-state index contributed by atoms with van der Waals surface area (Å²) in [7, 11) is 0. The lowest BCUT2D eigenvalue weighted by Crippen LogP contribution is -2.11. The van der Waals surface area contributed by atoms with Gasteiger partial charge >= 0.3 is 5.97 Å². The Hall–Kier alpha value is -2.88. The van der Waals surface area contributed by atoms with Crippen molar-refractivity contribution in [3.05, 3.63) is 71.9 Å². The predicted octanol–water partition coefficient (Wildman–Crippen LogP) is 4.38. The van der Waals surface area contributed by atoms with Crippen molar-refractivity contribution < 1.29 is 14.3 Å². The maximum Gasteiger partial charge on any atom is 0.338 e. The van der Waals surface area contributed by atoms with Gasteiger partial charge in [-0.25, -0.2) is 4.79 Å². The van der Waals surface area contributed by atoms with Crippen molar-refractivity contribution in [2.45, 2.75) is 26.6 Å². The summed E-state index contributed by atoms with van der Waals surface area (Å²) in [5, 5.41) is 1.09. The van der Waals surface area contributed by atoms with E-state index >= 15 is 0 Å². The summed E-state index contributed by atoms with van der Waals surface area (Å²) >= 11 is 0. The van der Waals surface area contributed by atoms with Gasteiger partial charge < -0.3 is 9.47 Å². The molecule has 0 bridgehead atoms. The average Bonchev–Trinajstić information content (AvgIpc) is 2.59. The standard InChI is InChI=1S/C20H19NO3/c1-14(2)24-20(22)16-8-10-18(11-9-16)23-13-17-6-3-5-15-7-4-12-21-19(15)17/h3-12,14H,13H2,1-2H3. The first-order valence-corrected chi connectivity index (χ1v) is 7.90. The Labute approximate surface area is 141 Å². The molecule has 3 rings (SSSR count). The van der Waals surface area contributed by atoms with Crippen LogP contribution in [0.15, 0.2) is 60.8 Å². The molecule has 0 fully saturated rings. The molecule has 0 saturated heterocycles. The molecule has 1 heterocycles. The summed E-state index contributed by atoms with van der Waals surface area (Å²) in [6.45, 7) is 4.07. The van der Waals surface area contributed by atoms with Crippen molar-refractivity contribution in [1.82, 2.24) is 4.98 Å².